The molecule has 0 radical (unpaired) electrons. The molecule has 0 unspecified atom stereocenters. The molecule has 20 heavy (non-hydrogen) atoms. The molecule has 1 N–H and O–H groups in total. The summed E-state index contributed by atoms with van der Waals surface area (Å²) in [6.45, 7) is 0. The summed E-state index contributed by atoms with van der Waals surface area (Å²) < 4.78 is 11.5. The largest absolute Gasteiger partial charge is 0.497 e. The third kappa shape index (κ3) is 3.84. The van der Waals surface area contributed by atoms with E-state index < -0.39 is 11.9 Å². The Kier molecular flexibility index (Phi) is 4.80. The number of ether oxygens (including phenoxy) is 1. The van der Waals surface area contributed by atoms with Crippen LogP contribution in [0.3, 0.4) is 0 Å². The smallest absolute Gasteiger partial charge is 0.318 e. The molecule has 2 rings (SSSR count). The number of carboxylic acids is 1. The zero-order valence-corrected chi connectivity index (χ0v) is 12.1. The molecule has 0 atom stereocenters. The average molecular weight is 313 g/mol. The van der Waals surface area contributed by atoms with E-state index in [1.54, 1.807) is 13.2 Å². The molecule has 1 aromatic carbocycles. The Morgan fingerprint density at radius 3 is 2.90 bits per heavy atom. The molecule has 0 aliphatic heterocycles. The third-order valence-electron chi connectivity index (χ3n) is 2.32. The zero-order chi connectivity index (χ0) is 14.5. The molecule has 2 aromatic rings. The molecular formula is C12H11NO5S2. The molecule has 6 nitrogen and oxygen atoms in total. The van der Waals surface area contributed by atoms with Crippen molar-refractivity contribution in [3.8, 4) is 5.75 Å². The van der Waals surface area contributed by atoms with Gasteiger partial charge >= 0.3 is 11.9 Å². The van der Waals surface area contributed by atoms with Crippen LogP contribution in [0.2, 0.25) is 0 Å². The van der Waals surface area contributed by atoms with Crippen LogP contribution in [0.25, 0.3) is 10.2 Å². The highest BCUT2D eigenvalue weighted by atomic mass is 32.2. The monoisotopic (exact) mass is 313 g/mol. The molecule has 8 heteroatoms. The first-order valence-corrected chi connectivity index (χ1v) is 7.18. The number of hydrogen-bond donors (Lipinski definition) is 1. The fourth-order valence-corrected chi connectivity index (χ4v) is 3.00. The van der Waals surface area contributed by atoms with Gasteiger partial charge in [-0.15, -0.1) is 11.3 Å². The van der Waals surface area contributed by atoms with Crippen LogP contribution < -0.4 is 4.74 Å². The number of methoxy groups -OCH3 is 1. The maximum atomic E-state index is 11.3. The second kappa shape index (κ2) is 6.58. The van der Waals surface area contributed by atoms with Crippen LogP contribution >= 0.6 is 23.4 Å². The maximum Gasteiger partial charge on any atom is 0.318 e. The highest BCUT2D eigenvalue weighted by Gasteiger charge is 2.11. The van der Waals surface area contributed by atoms with Gasteiger partial charge in [0.25, 0.3) is 0 Å². The lowest BCUT2D eigenvalue weighted by Gasteiger charge is -1.97. The number of aromatic nitrogens is 1. The van der Waals surface area contributed by atoms with Crippen LogP contribution in [0.5, 0.6) is 5.75 Å². The lowest BCUT2D eigenvalue weighted by Crippen LogP contribution is -2.03. The number of benzene rings is 1. The number of thiazole rings is 1. The zero-order valence-electron chi connectivity index (χ0n) is 10.5. The first-order valence-electron chi connectivity index (χ1n) is 5.62. The van der Waals surface area contributed by atoms with Crippen molar-refractivity contribution in [3.63, 3.8) is 0 Å². The number of nitrogens with zero attached hydrogens (tertiary/aromatic N) is 1. The van der Waals surface area contributed by atoms with Gasteiger partial charge < -0.3 is 14.0 Å². The molecule has 1 aromatic heterocycles. The Morgan fingerprint density at radius 1 is 1.40 bits per heavy atom. The third-order valence-corrected chi connectivity index (χ3v) is 4.09. The molecule has 0 saturated carbocycles. The number of carboxylic acid groups (broad SMARTS) is 1. The number of hydrogen-bond acceptors (Lipinski definition) is 7. The molecule has 0 fully saturated rings. The minimum absolute atomic E-state index is 0.152. The van der Waals surface area contributed by atoms with Crippen LogP contribution in [0.15, 0.2) is 22.5 Å². The second-order valence-electron chi connectivity index (χ2n) is 3.75. The van der Waals surface area contributed by atoms with Crippen molar-refractivity contribution in [2.45, 2.75) is 17.2 Å². The fourth-order valence-electron chi connectivity index (χ4n) is 1.38. The van der Waals surface area contributed by atoms with E-state index in [1.807, 2.05) is 12.1 Å². The maximum absolute atomic E-state index is 11.3. The van der Waals surface area contributed by atoms with Crippen LogP contribution in [0, 0.1) is 0 Å². The van der Waals surface area contributed by atoms with E-state index in [4.69, 9.17) is 14.0 Å². The molecule has 0 bridgehead atoms. The summed E-state index contributed by atoms with van der Waals surface area (Å²) >= 11 is 2.22. The van der Waals surface area contributed by atoms with Crippen molar-refractivity contribution in [3.05, 3.63) is 18.2 Å². The lowest BCUT2D eigenvalue weighted by atomic mass is 10.3. The highest BCUT2D eigenvalue weighted by molar-refractivity contribution is 7.97. The van der Waals surface area contributed by atoms with Crippen molar-refractivity contribution in [2.24, 2.45) is 0 Å². The lowest BCUT2D eigenvalue weighted by molar-refractivity contribution is -0.141. The number of carbonyl (C=O) groups excluding carboxylic acids is 1. The quantitative estimate of drug-likeness (QED) is 0.820. The van der Waals surface area contributed by atoms with E-state index in [0.29, 0.717) is 4.34 Å². The van der Waals surface area contributed by atoms with Crippen molar-refractivity contribution < 1.29 is 23.6 Å². The van der Waals surface area contributed by atoms with E-state index >= 15 is 0 Å². The average Bonchev–Trinajstić information content (AvgIpc) is 2.84. The Morgan fingerprint density at radius 2 is 2.20 bits per heavy atom. The molecule has 0 spiro atoms. The van der Waals surface area contributed by atoms with Gasteiger partial charge in [0.15, 0.2) is 4.34 Å². The fraction of sp³-hybridized carbons (Fsp3) is 0.250. The van der Waals surface area contributed by atoms with E-state index in [-0.39, 0.29) is 12.8 Å². The first-order chi connectivity index (χ1) is 9.58. The summed E-state index contributed by atoms with van der Waals surface area (Å²) in [5.74, 6) is -0.871. The molecule has 1 heterocycles. The second-order valence-corrected chi connectivity index (χ2v) is 5.75. The summed E-state index contributed by atoms with van der Waals surface area (Å²) in [5, 5.41) is 8.46. The van der Waals surface area contributed by atoms with Crippen molar-refractivity contribution >= 4 is 45.5 Å². The molecule has 0 saturated heterocycles. The first kappa shape index (κ1) is 14.6. The van der Waals surface area contributed by atoms with Crippen molar-refractivity contribution in [2.75, 3.05) is 7.11 Å². The van der Waals surface area contributed by atoms with Gasteiger partial charge in [-0.05, 0) is 18.2 Å². The topological polar surface area (TPSA) is 85.7 Å². The van der Waals surface area contributed by atoms with Crippen molar-refractivity contribution in [1.29, 1.82) is 0 Å². The van der Waals surface area contributed by atoms with Gasteiger partial charge in [0.2, 0.25) is 0 Å². The van der Waals surface area contributed by atoms with Gasteiger partial charge in [-0.3, -0.25) is 9.59 Å². The standard InChI is InChI=1S/C12H11NO5S2/c1-17-7-2-3-8-9(6-7)19-12(13-8)20-18-11(16)5-4-10(14)15/h2-3,6H,4-5H2,1H3,(H,14,15). The van der Waals surface area contributed by atoms with Gasteiger partial charge in [-0.25, -0.2) is 4.98 Å². The van der Waals surface area contributed by atoms with E-state index in [1.165, 1.54) is 11.3 Å². The van der Waals surface area contributed by atoms with Gasteiger partial charge in [-0.1, -0.05) is 0 Å². The van der Waals surface area contributed by atoms with Crippen LogP contribution in [-0.2, 0) is 13.8 Å². The minimum atomic E-state index is -1.03. The Balaban J connectivity index is 1.96. The number of aliphatic carboxylic acids is 1. The van der Waals surface area contributed by atoms with Crippen molar-refractivity contribution in [1.82, 2.24) is 4.98 Å². The highest BCUT2D eigenvalue weighted by Crippen LogP contribution is 2.32. The van der Waals surface area contributed by atoms with Gasteiger partial charge in [-0.2, -0.15) is 0 Å². The van der Waals surface area contributed by atoms with Crippen LogP contribution in [-0.4, -0.2) is 29.1 Å². The predicted molar refractivity (Wildman–Crippen MR) is 75.0 cm³/mol. The van der Waals surface area contributed by atoms with E-state index in [2.05, 4.69) is 4.98 Å². The predicted octanol–water partition coefficient (Wildman–Crippen LogP) is 2.72. The summed E-state index contributed by atoms with van der Waals surface area (Å²) in [4.78, 5) is 25.9. The Labute approximate surface area is 122 Å². The molecule has 106 valence electrons. The van der Waals surface area contributed by atoms with E-state index in [9.17, 15) is 9.59 Å². The van der Waals surface area contributed by atoms with Crippen LogP contribution in [0.1, 0.15) is 12.8 Å². The van der Waals surface area contributed by atoms with Crippen LogP contribution in [0.4, 0.5) is 0 Å². The molecular weight excluding hydrogens is 302 g/mol. The summed E-state index contributed by atoms with van der Waals surface area (Å²) in [6, 6.07) is 5.47. The molecule has 0 aliphatic rings. The van der Waals surface area contributed by atoms with Gasteiger partial charge in [0, 0.05) is 0 Å². The normalized spacial score (nSPS) is 10.4. The molecule has 0 amide bonds. The number of rotatable bonds is 6. The minimum Gasteiger partial charge on any atom is -0.497 e. The SMILES string of the molecule is COc1ccc2nc(SOC(=O)CCC(=O)O)sc2c1. The number of fused-ring (bicyclic) bond motifs is 1. The van der Waals surface area contributed by atoms with Gasteiger partial charge in [0.1, 0.15) is 17.8 Å². The van der Waals surface area contributed by atoms with E-state index in [0.717, 1.165) is 28.0 Å². The summed E-state index contributed by atoms with van der Waals surface area (Å²) in [6.07, 6.45) is -0.391. The summed E-state index contributed by atoms with van der Waals surface area (Å²) in [7, 11) is 1.59. The Bertz CT molecular complexity index is 640. The Hall–Kier alpha value is -1.80. The van der Waals surface area contributed by atoms with Gasteiger partial charge in [0.05, 0.1) is 30.2 Å². The molecule has 0 aliphatic carbocycles. The summed E-state index contributed by atoms with van der Waals surface area (Å²) in [5.41, 5.74) is 0.792. The number of carbonyl (C=O) groups is 2.